The maximum absolute atomic E-state index is 13.2. The minimum Gasteiger partial charge on any atom is -0.492 e. The van der Waals surface area contributed by atoms with Crippen LogP contribution in [-0.4, -0.2) is 75.0 Å². The van der Waals surface area contributed by atoms with Crippen molar-refractivity contribution in [2.24, 2.45) is 0 Å². The lowest BCUT2D eigenvalue weighted by Crippen LogP contribution is -2.41. The van der Waals surface area contributed by atoms with Crippen molar-refractivity contribution in [3.8, 4) is 5.75 Å². The highest BCUT2D eigenvalue weighted by atomic mass is 32.2. The number of para-hydroxylation sites is 1. The van der Waals surface area contributed by atoms with E-state index in [1.807, 2.05) is 43.3 Å². The van der Waals surface area contributed by atoms with Crippen LogP contribution in [0.15, 0.2) is 65.6 Å². The summed E-state index contributed by atoms with van der Waals surface area (Å²) in [6, 6.07) is 15.8. The van der Waals surface area contributed by atoms with Crippen molar-refractivity contribution >= 4 is 39.0 Å². The van der Waals surface area contributed by atoms with Crippen LogP contribution in [0.3, 0.4) is 0 Å². The van der Waals surface area contributed by atoms with Crippen molar-refractivity contribution in [2.75, 3.05) is 27.2 Å². The quantitative estimate of drug-likeness (QED) is 0.249. The van der Waals surface area contributed by atoms with Crippen molar-refractivity contribution < 1.29 is 32.6 Å². The number of hydrogen-bond acceptors (Lipinski definition) is 7. The number of nitrogens with zero attached hydrogens (tertiary/aromatic N) is 2. The maximum atomic E-state index is 13.2. The Kier molecular flexibility index (Phi) is 9.56. The van der Waals surface area contributed by atoms with Crippen LogP contribution in [0.5, 0.6) is 5.75 Å². The van der Waals surface area contributed by atoms with Gasteiger partial charge in [-0.3, -0.25) is 14.6 Å². The highest BCUT2D eigenvalue weighted by molar-refractivity contribution is 7.89. The lowest BCUT2D eigenvalue weighted by molar-refractivity contribution is -0.138. The minimum atomic E-state index is -4.24. The molecule has 1 atom stereocenters. The number of carbonyl (C=O) groups excluding carboxylic acids is 2. The fourth-order valence-electron chi connectivity index (χ4n) is 4.11. The number of carbonyl (C=O) groups is 3. The molecule has 2 N–H and O–H groups in total. The van der Waals surface area contributed by atoms with Gasteiger partial charge in [-0.05, 0) is 47.5 Å². The molecule has 1 amide bonds. The number of fused-ring (bicyclic) bond motifs is 1. The van der Waals surface area contributed by atoms with Crippen molar-refractivity contribution in [3.05, 3.63) is 71.8 Å². The summed E-state index contributed by atoms with van der Waals surface area (Å²) in [6.07, 6.45) is -0.0603. The number of ether oxygens (including phenoxy) is 1. The summed E-state index contributed by atoms with van der Waals surface area (Å²) in [4.78, 5) is 35.1. The highest BCUT2D eigenvalue weighted by Crippen LogP contribution is 2.26. The first-order valence-corrected chi connectivity index (χ1v) is 13.5. The van der Waals surface area contributed by atoms with Gasteiger partial charge in [0.05, 0.1) is 19.1 Å². The number of hydrogen-bond donors (Lipinski definition) is 2. The molecule has 3 aromatic rings. The van der Waals surface area contributed by atoms with Gasteiger partial charge >= 0.3 is 5.97 Å². The molecule has 0 aliphatic rings. The van der Waals surface area contributed by atoms with Gasteiger partial charge in [-0.2, -0.15) is 0 Å². The zero-order chi connectivity index (χ0) is 27.9. The van der Waals surface area contributed by atoms with Crippen LogP contribution in [0.4, 0.5) is 0 Å². The summed E-state index contributed by atoms with van der Waals surface area (Å²) < 4.78 is 33.7. The largest absolute Gasteiger partial charge is 0.492 e. The summed E-state index contributed by atoms with van der Waals surface area (Å²) in [7, 11) is -0.636. The van der Waals surface area contributed by atoms with E-state index in [4.69, 9.17) is 9.84 Å². The Hall–Kier alpha value is -3.80. The zero-order valence-electron chi connectivity index (χ0n) is 21.5. The average molecular weight is 542 g/mol. The molecule has 0 aliphatic carbocycles. The van der Waals surface area contributed by atoms with Crippen LogP contribution in [0.2, 0.25) is 0 Å². The number of carboxylic acid groups (broad SMARTS) is 1. The van der Waals surface area contributed by atoms with Gasteiger partial charge in [-0.15, -0.1) is 0 Å². The number of sulfonamides is 1. The fraction of sp³-hybridized carbons (Fsp3) is 0.296. The lowest BCUT2D eigenvalue weighted by Gasteiger charge is -2.28. The van der Waals surface area contributed by atoms with Gasteiger partial charge in [0.25, 0.3) is 5.91 Å². The Bertz CT molecular complexity index is 1420. The van der Waals surface area contributed by atoms with Gasteiger partial charge in [-0.1, -0.05) is 36.4 Å². The summed E-state index contributed by atoms with van der Waals surface area (Å²) in [5, 5.41) is 14.1. The molecule has 38 heavy (non-hydrogen) atoms. The monoisotopic (exact) mass is 541 g/mol. The molecular weight excluding hydrogens is 510 g/mol. The van der Waals surface area contributed by atoms with Crippen LogP contribution in [0.1, 0.15) is 29.3 Å². The second-order valence-corrected chi connectivity index (χ2v) is 10.4. The number of amides is 1. The normalized spacial score (nSPS) is 12.3. The third kappa shape index (κ3) is 6.94. The van der Waals surface area contributed by atoms with Gasteiger partial charge in [-0.25, -0.2) is 18.1 Å². The van der Waals surface area contributed by atoms with Crippen molar-refractivity contribution in [1.82, 2.24) is 14.7 Å². The smallest absolute Gasteiger partial charge is 0.305 e. The standard InChI is InChI=1S/C27H31N3O7S/c1-4-30(29(2)3)27(34)21-15-19-9-5-6-10-23(19)20(16-21)13-14-37-24-11-7-8-12-25(24)38(35,36)28-22(18-31)17-26(32)33/h5-12,15-16,18,22,28H,4,13-14,17H2,1-3H3,(H,32,33). The van der Waals surface area contributed by atoms with E-state index < -0.39 is 28.5 Å². The van der Waals surface area contributed by atoms with Gasteiger partial charge in [0.1, 0.15) is 16.9 Å². The van der Waals surface area contributed by atoms with E-state index in [9.17, 15) is 22.8 Å². The van der Waals surface area contributed by atoms with Crippen LogP contribution in [0, 0.1) is 0 Å². The number of benzene rings is 3. The molecule has 0 aliphatic heterocycles. The van der Waals surface area contributed by atoms with Crippen LogP contribution >= 0.6 is 0 Å². The predicted octanol–water partition coefficient (Wildman–Crippen LogP) is 2.72. The molecule has 0 bridgehead atoms. The van der Waals surface area contributed by atoms with E-state index in [0.717, 1.165) is 16.3 Å². The zero-order valence-corrected chi connectivity index (χ0v) is 22.3. The SMILES string of the molecule is CCN(C(=O)c1cc(CCOc2ccccc2S(=O)(=O)NC(C=O)CC(=O)O)c2ccccc2c1)N(C)C. The molecule has 0 saturated carbocycles. The summed E-state index contributed by atoms with van der Waals surface area (Å²) in [6.45, 7) is 2.51. The average Bonchev–Trinajstić information content (AvgIpc) is 2.88. The topological polar surface area (TPSA) is 133 Å². The number of aldehydes is 1. The van der Waals surface area contributed by atoms with Crippen molar-refractivity contribution in [1.29, 1.82) is 0 Å². The molecular formula is C27H31N3O7S. The second-order valence-electron chi connectivity index (χ2n) is 8.73. The second kappa shape index (κ2) is 12.6. The Balaban J connectivity index is 1.85. The maximum Gasteiger partial charge on any atom is 0.305 e. The first-order chi connectivity index (χ1) is 18.1. The highest BCUT2D eigenvalue weighted by Gasteiger charge is 2.25. The number of hydrazine groups is 1. The van der Waals surface area contributed by atoms with E-state index in [0.29, 0.717) is 18.5 Å². The molecule has 0 saturated heterocycles. The first kappa shape index (κ1) is 28.8. The Morgan fingerprint density at radius 3 is 2.42 bits per heavy atom. The Morgan fingerprint density at radius 2 is 1.76 bits per heavy atom. The molecule has 11 heteroatoms. The van der Waals surface area contributed by atoms with Gasteiger partial charge in [0.15, 0.2) is 0 Å². The minimum absolute atomic E-state index is 0.0567. The summed E-state index contributed by atoms with van der Waals surface area (Å²) >= 11 is 0. The Morgan fingerprint density at radius 1 is 1.08 bits per heavy atom. The molecule has 3 rings (SSSR count). The van der Waals surface area contributed by atoms with Gasteiger partial charge in [0, 0.05) is 32.6 Å². The van der Waals surface area contributed by atoms with E-state index in [2.05, 4.69) is 4.72 Å². The molecule has 202 valence electrons. The number of nitrogens with one attached hydrogen (secondary N) is 1. The predicted molar refractivity (Wildman–Crippen MR) is 142 cm³/mol. The molecule has 0 aromatic heterocycles. The molecule has 0 spiro atoms. The van der Waals surface area contributed by atoms with Crippen LogP contribution in [0.25, 0.3) is 10.8 Å². The van der Waals surface area contributed by atoms with Crippen LogP contribution < -0.4 is 9.46 Å². The van der Waals surface area contributed by atoms with E-state index in [-0.39, 0.29) is 29.4 Å². The van der Waals surface area contributed by atoms with Crippen LogP contribution in [-0.2, 0) is 26.0 Å². The number of rotatable bonds is 13. The van der Waals surface area contributed by atoms with Gasteiger partial charge < -0.3 is 14.6 Å². The number of aliphatic carboxylic acids is 1. The van der Waals surface area contributed by atoms with Gasteiger partial charge in [0.2, 0.25) is 10.0 Å². The Labute approximate surface area is 221 Å². The molecule has 0 radical (unpaired) electrons. The van der Waals surface area contributed by atoms with Crippen molar-refractivity contribution in [3.63, 3.8) is 0 Å². The third-order valence-electron chi connectivity index (χ3n) is 5.84. The fourth-order valence-corrected chi connectivity index (χ4v) is 5.42. The third-order valence-corrected chi connectivity index (χ3v) is 7.37. The molecule has 0 fully saturated rings. The molecule has 10 nitrogen and oxygen atoms in total. The lowest BCUT2D eigenvalue weighted by atomic mass is 9.98. The van der Waals surface area contributed by atoms with E-state index in [1.165, 1.54) is 18.2 Å². The summed E-state index contributed by atoms with van der Waals surface area (Å²) in [5.74, 6) is -1.39. The molecule has 0 heterocycles. The van der Waals surface area contributed by atoms with E-state index in [1.54, 1.807) is 30.2 Å². The number of carboxylic acids is 1. The first-order valence-electron chi connectivity index (χ1n) is 12.0. The van der Waals surface area contributed by atoms with E-state index >= 15 is 0 Å². The molecule has 1 unspecified atom stereocenters. The molecule has 3 aromatic carbocycles. The summed E-state index contributed by atoms with van der Waals surface area (Å²) in [5.41, 5.74) is 1.39. The van der Waals surface area contributed by atoms with Crippen molar-refractivity contribution in [2.45, 2.75) is 30.7 Å².